The Bertz CT molecular complexity index is 6550. The first-order valence-corrected chi connectivity index (χ1v) is 49.1. The number of benzene rings is 8. The highest BCUT2D eigenvalue weighted by molar-refractivity contribution is 5.98. The fraction of sp³-hybridized carbons (Fsp3) is 0.397. The summed E-state index contributed by atoms with van der Waals surface area (Å²) < 4.78 is 15.1. The van der Waals surface area contributed by atoms with Gasteiger partial charge in [0.25, 0.3) is 0 Å². The zero-order valence-corrected chi connectivity index (χ0v) is 79.2. The van der Waals surface area contributed by atoms with E-state index in [1.54, 1.807) is 0 Å². The van der Waals surface area contributed by atoms with E-state index in [9.17, 15) is 35.1 Å². The average molecular weight is 1790 g/mol. The van der Waals surface area contributed by atoms with Gasteiger partial charge in [0.1, 0.15) is 34.8 Å². The third kappa shape index (κ3) is 17.0. The summed E-state index contributed by atoms with van der Waals surface area (Å²) in [6.45, 7) is 28.2. The van der Waals surface area contributed by atoms with E-state index in [1.165, 1.54) is 74.8 Å². The van der Waals surface area contributed by atoms with Crippen molar-refractivity contribution in [1.82, 2.24) is 43.4 Å². The van der Waals surface area contributed by atoms with Crippen LogP contribution in [0, 0.1) is 48.0 Å². The van der Waals surface area contributed by atoms with E-state index in [2.05, 4.69) is 272 Å². The summed E-state index contributed by atoms with van der Waals surface area (Å²) in [5.41, 5.74) is 25.1. The Morgan fingerprint density at radius 3 is 1.13 bits per heavy atom. The quantitative estimate of drug-likeness (QED) is 0.0272. The smallest absolute Gasteiger partial charge is 0.203 e. The number of imidazole rings is 4. The SMILES string of the molecule is C[C@@H]1C(=O)/C(=C\O)C[C@]2(C)c3nc(-c4ccccc4)n(-c4cccc(CCCO)c4)c3CC[C@@H]12.C[C@@H]1C(=O)CC[C@]2(C)c3nc(-c4ccccc4)n(-c4cccc(CCCO)c4)c3CC[C@@H]12.C[C@@H]1c2oncc2C[C@]2(C)c3nc(-c4ccccc4)n(-c4cccc(CCCO)c4)c3CC[C@@H]12.[C-]#[N+]C1=C(O)[C@@H](C)[C@@H]2CCc3c(nc(-c4ccccc4)n3-c3cccc(CCCC)c3)[C@@]2(C)C1. The van der Waals surface area contributed by atoms with Crippen molar-refractivity contribution in [1.29, 1.82) is 0 Å². The third-order valence-electron chi connectivity index (χ3n) is 31.9. The van der Waals surface area contributed by atoms with Crippen LogP contribution in [0.3, 0.4) is 0 Å². The molecule has 0 bridgehead atoms. The van der Waals surface area contributed by atoms with Gasteiger partial charge in [-0.15, -0.1) is 0 Å². The molecule has 5 N–H and O–H groups in total. The van der Waals surface area contributed by atoms with E-state index in [0.717, 1.165) is 201 Å². The number of aromatic nitrogens is 9. The van der Waals surface area contributed by atoms with Gasteiger partial charge in [0.2, 0.25) is 5.70 Å². The van der Waals surface area contributed by atoms with Gasteiger partial charge in [0, 0.05) is 150 Å². The van der Waals surface area contributed by atoms with Crippen molar-refractivity contribution in [3.63, 3.8) is 0 Å². The van der Waals surface area contributed by atoms with Gasteiger partial charge in [-0.05, 0) is 223 Å². The number of fused-ring (bicyclic) bond motifs is 13. The van der Waals surface area contributed by atoms with Crippen LogP contribution in [-0.2, 0) is 89.0 Å². The molecule has 0 amide bonds. The van der Waals surface area contributed by atoms with Crippen LogP contribution in [-0.4, -0.2) is 100 Å². The van der Waals surface area contributed by atoms with E-state index in [1.807, 2.05) is 43.5 Å². The minimum atomic E-state index is -0.321. The van der Waals surface area contributed by atoms with Crippen molar-refractivity contribution in [3.8, 4) is 68.3 Å². The van der Waals surface area contributed by atoms with Gasteiger partial charge < -0.3 is 30.1 Å². The molecule has 5 aromatic heterocycles. The van der Waals surface area contributed by atoms with Gasteiger partial charge in [-0.2, -0.15) is 0 Å². The lowest BCUT2D eigenvalue weighted by molar-refractivity contribution is -0.129. The van der Waals surface area contributed by atoms with Gasteiger partial charge in [-0.1, -0.05) is 244 Å². The molecule has 5 heterocycles. The highest BCUT2D eigenvalue weighted by Crippen LogP contribution is 2.59. The highest BCUT2D eigenvalue weighted by atomic mass is 16.5. The second kappa shape index (κ2) is 38.9. The molecule has 8 aliphatic carbocycles. The molecule has 134 heavy (non-hydrogen) atoms. The molecule has 0 aliphatic heterocycles. The van der Waals surface area contributed by atoms with Gasteiger partial charge in [0.15, 0.2) is 5.78 Å². The van der Waals surface area contributed by atoms with Gasteiger partial charge in [-0.3, -0.25) is 27.9 Å². The van der Waals surface area contributed by atoms with E-state index in [4.69, 9.17) is 31.0 Å². The number of hydrogen-bond acceptors (Lipinski definition) is 13. The van der Waals surface area contributed by atoms with Crippen molar-refractivity contribution in [2.45, 2.75) is 231 Å². The normalized spacial score (nSPS) is 24.3. The average Bonchev–Trinajstić information content (AvgIpc) is 1.55. The van der Waals surface area contributed by atoms with Crippen molar-refractivity contribution < 1.29 is 39.6 Å². The highest BCUT2D eigenvalue weighted by Gasteiger charge is 2.56. The minimum Gasteiger partial charge on any atom is -0.523 e. The van der Waals surface area contributed by atoms with Crippen LogP contribution in [0.1, 0.15) is 231 Å². The Balaban J connectivity index is 0.000000119. The monoisotopic (exact) mass is 1790 g/mol. The summed E-state index contributed by atoms with van der Waals surface area (Å²) in [6, 6.07) is 76.4. The second-order valence-electron chi connectivity index (χ2n) is 40.1. The molecule has 2 saturated carbocycles. The predicted octanol–water partition coefficient (Wildman–Crippen LogP) is 23.7. The Morgan fingerprint density at radius 1 is 0.425 bits per heavy atom. The molecule has 690 valence electrons. The maximum absolute atomic E-state index is 12.8. The number of allylic oxidation sites excluding steroid dienone is 3. The molecule has 2 fully saturated rings. The molecule has 13 aromatic rings. The van der Waals surface area contributed by atoms with Crippen LogP contribution < -0.4 is 0 Å². The number of aliphatic hydroxyl groups excluding tert-OH is 5. The molecule has 0 unspecified atom stereocenters. The van der Waals surface area contributed by atoms with Crippen molar-refractivity contribution in [2.24, 2.45) is 41.4 Å². The Labute approximate surface area is 788 Å². The molecule has 18 nitrogen and oxygen atoms in total. The zero-order chi connectivity index (χ0) is 93.3. The molecule has 8 aliphatic rings. The third-order valence-corrected chi connectivity index (χ3v) is 31.9. The summed E-state index contributed by atoms with van der Waals surface area (Å²) in [5.74, 6) is 7.26. The van der Waals surface area contributed by atoms with E-state index < -0.39 is 0 Å². The number of aliphatic hydroxyl groups is 5. The molecule has 18 heteroatoms. The number of ketones is 2. The van der Waals surface area contributed by atoms with Crippen LogP contribution in [0.15, 0.2) is 252 Å². The van der Waals surface area contributed by atoms with Crippen molar-refractivity contribution in [2.75, 3.05) is 19.8 Å². The first-order valence-electron chi connectivity index (χ1n) is 49.1. The number of carbonyl (C=O) groups is 2. The minimum absolute atomic E-state index is 0.0290. The molecule has 21 rings (SSSR count). The fourth-order valence-electron chi connectivity index (χ4n) is 25.0. The van der Waals surface area contributed by atoms with E-state index >= 15 is 0 Å². The predicted molar refractivity (Wildman–Crippen MR) is 529 cm³/mol. The zero-order valence-electron chi connectivity index (χ0n) is 79.2. The summed E-state index contributed by atoms with van der Waals surface area (Å²) in [4.78, 5) is 50.4. The maximum atomic E-state index is 12.8. The second-order valence-corrected chi connectivity index (χ2v) is 40.1. The number of hydrogen-bond donors (Lipinski definition) is 5. The molecular formula is C116H128N10O8. The Hall–Kier alpha value is -12.4. The maximum Gasteiger partial charge on any atom is 0.203 e. The molecule has 12 atom stereocenters. The Morgan fingerprint density at radius 2 is 0.769 bits per heavy atom. The summed E-state index contributed by atoms with van der Waals surface area (Å²) >= 11 is 0. The molecule has 0 spiro atoms. The Kier molecular flexibility index (Phi) is 26.7. The number of Topliss-reactive ketones (excluding diaryl/α,β-unsaturated/α-hetero) is 2. The molecular weight excluding hydrogens is 1660 g/mol. The summed E-state index contributed by atoms with van der Waals surface area (Å²) in [7, 11) is 0. The largest absolute Gasteiger partial charge is 0.523 e. The lowest BCUT2D eigenvalue weighted by Crippen LogP contribution is -2.48. The number of carbonyl (C=O) groups excluding carboxylic acids is 2. The van der Waals surface area contributed by atoms with Crippen molar-refractivity contribution in [3.05, 3.63) is 338 Å². The first-order chi connectivity index (χ1) is 65.1. The van der Waals surface area contributed by atoms with Crippen LogP contribution >= 0.6 is 0 Å². The summed E-state index contributed by atoms with van der Waals surface area (Å²) in [5, 5.41) is 52.5. The van der Waals surface area contributed by atoms with Gasteiger partial charge >= 0.3 is 0 Å². The first kappa shape index (κ1) is 92.1. The van der Waals surface area contributed by atoms with Crippen LogP contribution in [0.4, 0.5) is 0 Å². The molecule has 0 radical (unpaired) electrons. The van der Waals surface area contributed by atoms with Gasteiger partial charge in [0.05, 0.1) is 47.6 Å². The van der Waals surface area contributed by atoms with E-state index in [0.29, 0.717) is 54.1 Å². The standard InChI is InChI=1S/C30H33N3O.C29H31N3O2.C29H32N2O3.C28H32N2O2/c1-5-6-11-21-12-10-15-23(18-21)33-26-17-16-24-20(2)27(34)25(31-4)19-30(24,3)28(26)32-29(33)22-13-8-7-9-14-22;1-19-24-13-14-25-27(29(24,2)17-22-18-30-34-26(19)22)31-28(21-10-4-3-5-11-21)32(25)23-12-6-8-20(16-23)9-7-15-33;1-19-24-13-14-25-27(29(24,2)17-22(18-33)26(19)34)30-28(21-10-4-3-5-11-21)31(25)23-12-6-8-20(16-23)9-7-15-32;1-19-23-13-14-24-26(28(23,2)16-15-25(19)32)29-27(21-10-4-3-5-11-21)30(24)22-12-6-8-20(18-22)9-7-17-31/h7-10,12-15,18,20,24,34H,5-6,11,16-17,19H2,1-3H3;3-6,8,10-12,16,18-19,24,33H,7,9,13-15,17H2,1-2H3;3-6,8,10-12,16,18-19,24,32-33H,7,9,13-15,17H2,1-2H3;3-6,8,10-12,18-19,23,31H,7,9,13-17H2,1-2H3/b;;22-18-;/t20-,24-,30-;2*19-,24-,29-;19-,23-,28-/m0000/s1. The lowest BCUT2D eigenvalue weighted by atomic mass is 9.56. The topological polar surface area (TPSA) is 237 Å². The fourth-order valence-corrected chi connectivity index (χ4v) is 25.0. The number of unbranched alkanes of at least 4 members (excludes halogenated alkanes) is 1. The van der Waals surface area contributed by atoms with Crippen molar-refractivity contribution >= 4 is 11.6 Å². The van der Waals surface area contributed by atoms with Gasteiger partial charge in [-0.25, -0.2) is 24.8 Å². The number of rotatable bonds is 20. The van der Waals surface area contributed by atoms with Crippen LogP contribution in [0.25, 0.3) is 73.1 Å². The molecule has 8 aromatic carbocycles. The lowest BCUT2D eigenvalue weighted by Gasteiger charge is -2.47. The molecule has 0 saturated heterocycles. The number of aryl methyl sites for hydroxylation is 4. The van der Waals surface area contributed by atoms with E-state index in [-0.39, 0.29) is 82.6 Å². The summed E-state index contributed by atoms with van der Waals surface area (Å²) in [6.07, 6.45) is 22.4. The number of nitrogens with zero attached hydrogens (tertiary/aromatic N) is 10. The van der Waals surface area contributed by atoms with Crippen LogP contribution in [0.2, 0.25) is 0 Å². The van der Waals surface area contributed by atoms with Crippen LogP contribution in [0.5, 0.6) is 0 Å².